The Hall–Kier alpha value is -2.31. The second-order valence-corrected chi connectivity index (χ2v) is 5.88. The number of fused-ring (bicyclic) bond motifs is 1. The van der Waals surface area contributed by atoms with Gasteiger partial charge in [-0.1, -0.05) is 53.7 Å². The predicted octanol–water partition coefficient (Wildman–Crippen LogP) is 3.72. The molecular weight excluding hydrogens is 334 g/mol. The van der Waals surface area contributed by atoms with Crippen LogP contribution in [0, 0.1) is 0 Å². The fourth-order valence-electron chi connectivity index (χ4n) is 1.83. The van der Waals surface area contributed by atoms with Crippen molar-refractivity contribution < 1.29 is 9.21 Å². The maximum absolute atomic E-state index is 11.8. The largest absolute Gasteiger partial charge is 0.431 e. The van der Waals surface area contributed by atoms with Crippen molar-refractivity contribution >= 4 is 46.6 Å². The van der Waals surface area contributed by atoms with Crippen LogP contribution in [0.2, 0.25) is 5.02 Å². The summed E-state index contributed by atoms with van der Waals surface area (Å²) >= 11 is 7.20. The lowest BCUT2D eigenvalue weighted by atomic mass is 10.2. The number of rotatable bonds is 5. The van der Waals surface area contributed by atoms with E-state index in [1.54, 1.807) is 6.07 Å². The summed E-state index contributed by atoms with van der Waals surface area (Å²) in [7, 11) is 0. The molecule has 23 heavy (non-hydrogen) atoms. The van der Waals surface area contributed by atoms with Crippen LogP contribution in [0.25, 0.3) is 11.1 Å². The first-order valence-corrected chi connectivity index (χ1v) is 8.13. The number of nitrogens with one attached hydrogen (secondary N) is 1. The minimum atomic E-state index is -0.249. The molecule has 0 aliphatic rings. The summed E-state index contributed by atoms with van der Waals surface area (Å²) in [5.74, 6) is -0.0901. The Morgan fingerprint density at radius 3 is 2.87 bits per heavy atom. The summed E-state index contributed by atoms with van der Waals surface area (Å²) in [6, 6.07) is 14.7. The van der Waals surface area contributed by atoms with Gasteiger partial charge in [0.25, 0.3) is 11.1 Å². The van der Waals surface area contributed by atoms with E-state index in [0.717, 1.165) is 11.1 Å². The van der Waals surface area contributed by atoms with Crippen molar-refractivity contribution in [3.05, 3.63) is 59.1 Å². The Kier molecular flexibility index (Phi) is 4.95. The summed E-state index contributed by atoms with van der Waals surface area (Å²) in [5, 5.41) is 4.91. The molecule has 1 aromatic heterocycles. The maximum Gasteiger partial charge on any atom is 0.257 e. The zero-order valence-electron chi connectivity index (χ0n) is 11.9. The molecule has 2 aromatic carbocycles. The topological polar surface area (TPSA) is 67.5 Å². The van der Waals surface area contributed by atoms with E-state index in [0.29, 0.717) is 15.8 Å². The zero-order valence-corrected chi connectivity index (χ0v) is 13.5. The van der Waals surface area contributed by atoms with Crippen LogP contribution in [-0.2, 0) is 4.79 Å². The number of hydrazone groups is 1. The average molecular weight is 346 g/mol. The van der Waals surface area contributed by atoms with Crippen molar-refractivity contribution in [3.63, 3.8) is 0 Å². The lowest BCUT2D eigenvalue weighted by Crippen LogP contribution is -2.19. The molecule has 3 aromatic rings. The molecule has 1 amide bonds. The van der Waals surface area contributed by atoms with Crippen molar-refractivity contribution in [1.29, 1.82) is 0 Å². The molecule has 0 spiro atoms. The van der Waals surface area contributed by atoms with Gasteiger partial charge in [-0.3, -0.25) is 4.79 Å². The highest BCUT2D eigenvalue weighted by Crippen LogP contribution is 2.22. The average Bonchev–Trinajstić information content (AvgIpc) is 2.98. The highest BCUT2D eigenvalue weighted by Gasteiger charge is 2.08. The first-order valence-electron chi connectivity index (χ1n) is 6.77. The monoisotopic (exact) mass is 345 g/mol. The van der Waals surface area contributed by atoms with Crippen molar-refractivity contribution in [2.24, 2.45) is 5.10 Å². The SMILES string of the molecule is O=C(CSc1nc2ccccc2o1)N/N=C/c1ccccc1Cl. The molecule has 5 nitrogen and oxygen atoms in total. The molecule has 1 heterocycles. The first kappa shape index (κ1) is 15.6. The van der Waals surface area contributed by atoms with Gasteiger partial charge in [0.2, 0.25) is 0 Å². The Morgan fingerprint density at radius 1 is 1.26 bits per heavy atom. The standard InChI is InChI=1S/C16H12ClN3O2S/c17-12-6-2-1-5-11(12)9-18-20-15(21)10-23-16-19-13-7-3-4-8-14(13)22-16/h1-9H,10H2,(H,20,21)/b18-9+. The van der Waals surface area contributed by atoms with Gasteiger partial charge in [0.15, 0.2) is 5.58 Å². The highest BCUT2D eigenvalue weighted by molar-refractivity contribution is 7.99. The number of nitrogens with zero attached hydrogens (tertiary/aromatic N) is 2. The van der Waals surface area contributed by atoms with Crippen LogP contribution < -0.4 is 5.43 Å². The third kappa shape index (κ3) is 4.12. The van der Waals surface area contributed by atoms with E-state index in [2.05, 4.69) is 15.5 Å². The number of halogens is 1. The van der Waals surface area contributed by atoms with Gasteiger partial charge >= 0.3 is 0 Å². The summed E-state index contributed by atoms with van der Waals surface area (Å²) in [6.07, 6.45) is 1.50. The molecule has 3 rings (SSSR count). The van der Waals surface area contributed by atoms with Crippen molar-refractivity contribution in [3.8, 4) is 0 Å². The highest BCUT2D eigenvalue weighted by atomic mass is 35.5. The number of hydrogen-bond donors (Lipinski definition) is 1. The number of aromatic nitrogens is 1. The van der Waals surface area contributed by atoms with Crippen LogP contribution in [0.3, 0.4) is 0 Å². The normalized spacial score (nSPS) is 11.2. The molecule has 0 unspecified atom stereocenters. The molecule has 0 saturated heterocycles. The third-order valence-electron chi connectivity index (χ3n) is 2.90. The lowest BCUT2D eigenvalue weighted by Gasteiger charge is -1.98. The van der Waals surface area contributed by atoms with Gasteiger partial charge in [-0.15, -0.1) is 0 Å². The van der Waals surface area contributed by atoms with Crippen LogP contribution in [-0.4, -0.2) is 22.9 Å². The van der Waals surface area contributed by atoms with Gasteiger partial charge in [0.05, 0.1) is 12.0 Å². The quantitative estimate of drug-likeness (QED) is 0.434. The number of oxazole rings is 1. The predicted molar refractivity (Wildman–Crippen MR) is 91.9 cm³/mol. The van der Waals surface area contributed by atoms with E-state index in [-0.39, 0.29) is 11.7 Å². The number of carbonyl (C=O) groups excluding carboxylic acids is 1. The second kappa shape index (κ2) is 7.30. The molecule has 0 fully saturated rings. The Labute approximate surface area is 141 Å². The molecule has 0 atom stereocenters. The zero-order chi connectivity index (χ0) is 16.1. The molecule has 0 saturated carbocycles. The smallest absolute Gasteiger partial charge is 0.257 e. The molecular formula is C16H12ClN3O2S. The first-order chi connectivity index (χ1) is 11.2. The van der Waals surface area contributed by atoms with Crippen LogP contribution in [0.15, 0.2) is 63.3 Å². The minimum absolute atomic E-state index is 0.159. The summed E-state index contributed by atoms with van der Waals surface area (Å²) in [5.41, 5.74) is 4.65. The Balaban J connectivity index is 1.52. The van der Waals surface area contributed by atoms with E-state index in [4.69, 9.17) is 16.0 Å². The van der Waals surface area contributed by atoms with Crippen molar-refractivity contribution in [1.82, 2.24) is 10.4 Å². The summed E-state index contributed by atoms with van der Waals surface area (Å²) in [6.45, 7) is 0. The number of thioether (sulfide) groups is 1. The molecule has 0 bridgehead atoms. The van der Waals surface area contributed by atoms with Crippen LogP contribution >= 0.6 is 23.4 Å². The van der Waals surface area contributed by atoms with Crippen LogP contribution in [0.1, 0.15) is 5.56 Å². The van der Waals surface area contributed by atoms with Crippen molar-refractivity contribution in [2.45, 2.75) is 5.22 Å². The van der Waals surface area contributed by atoms with Gasteiger partial charge in [0, 0.05) is 10.6 Å². The number of para-hydroxylation sites is 2. The number of carbonyl (C=O) groups is 1. The summed E-state index contributed by atoms with van der Waals surface area (Å²) in [4.78, 5) is 16.0. The van der Waals surface area contributed by atoms with Gasteiger partial charge in [-0.2, -0.15) is 5.10 Å². The van der Waals surface area contributed by atoms with Gasteiger partial charge in [-0.05, 0) is 18.2 Å². The second-order valence-electron chi connectivity index (χ2n) is 4.55. The lowest BCUT2D eigenvalue weighted by molar-refractivity contribution is -0.118. The fraction of sp³-hybridized carbons (Fsp3) is 0.0625. The molecule has 0 radical (unpaired) electrons. The number of amides is 1. The molecule has 0 aliphatic carbocycles. The molecule has 0 aliphatic heterocycles. The van der Waals surface area contributed by atoms with E-state index in [1.807, 2.05) is 42.5 Å². The molecule has 1 N–H and O–H groups in total. The van der Waals surface area contributed by atoms with Crippen LogP contribution in [0.5, 0.6) is 0 Å². The van der Waals surface area contributed by atoms with Gasteiger partial charge in [-0.25, -0.2) is 10.4 Å². The molecule has 116 valence electrons. The maximum atomic E-state index is 11.8. The number of hydrogen-bond acceptors (Lipinski definition) is 5. The van der Waals surface area contributed by atoms with Gasteiger partial charge < -0.3 is 4.42 Å². The molecule has 7 heteroatoms. The Bertz CT molecular complexity index is 830. The van der Waals surface area contributed by atoms with Crippen LogP contribution in [0.4, 0.5) is 0 Å². The van der Waals surface area contributed by atoms with Crippen molar-refractivity contribution in [2.75, 3.05) is 5.75 Å². The minimum Gasteiger partial charge on any atom is -0.431 e. The van der Waals surface area contributed by atoms with Gasteiger partial charge in [0.1, 0.15) is 5.52 Å². The van der Waals surface area contributed by atoms with E-state index < -0.39 is 0 Å². The summed E-state index contributed by atoms with van der Waals surface area (Å²) < 4.78 is 5.52. The van der Waals surface area contributed by atoms with E-state index >= 15 is 0 Å². The van der Waals surface area contributed by atoms with E-state index in [9.17, 15) is 4.79 Å². The van der Waals surface area contributed by atoms with E-state index in [1.165, 1.54) is 18.0 Å². The Morgan fingerprint density at radius 2 is 2.04 bits per heavy atom. The fourth-order valence-corrected chi connectivity index (χ4v) is 2.64. The third-order valence-corrected chi connectivity index (χ3v) is 4.07. The number of benzene rings is 2.